The average molecular weight is 785 g/mol. The van der Waals surface area contributed by atoms with Crippen LogP contribution < -0.4 is 9.47 Å². The molecule has 0 amide bonds. The van der Waals surface area contributed by atoms with Crippen LogP contribution in [0.5, 0.6) is 11.5 Å². The SMILES string of the molecule is CCCCC1C(C)C1COC(=O)c1c(Cl)c(Cl)cc(Cl)c1OC(=O)C(=O)Oc1c(Cl)cc(Cl)c(Cl)c1C(=O)OCC1C(C)C1CCCC. The van der Waals surface area contributed by atoms with Gasteiger partial charge < -0.3 is 18.9 Å². The lowest BCUT2D eigenvalue weighted by atomic mass is 10.1. The number of unbranched alkanes of at least 4 members (excludes halogenated alkanes) is 2. The Bertz CT molecular complexity index is 1460. The summed E-state index contributed by atoms with van der Waals surface area (Å²) in [7, 11) is 0. The van der Waals surface area contributed by atoms with Crippen LogP contribution in [0.4, 0.5) is 0 Å². The third-order valence-corrected chi connectivity index (χ3v) is 11.5. The summed E-state index contributed by atoms with van der Waals surface area (Å²) in [6.45, 7) is 8.61. The molecule has 0 heterocycles. The van der Waals surface area contributed by atoms with Gasteiger partial charge in [0.15, 0.2) is 11.5 Å². The van der Waals surface area contributed by atoms with Crippen molar-refractivity contribution in [1.82, 2.24) is 0 Å². The summed E-state index contributed by atoms with van der Waals surface area (Å²) in [5, 5.41) is -1.43. The second-order valence-corrected chi connectivity index (χ2v) is 14.7. The molecule has 0 radical (unpaired) electrons. The van der Waals surface area contributed by atoms with Crippen molar-refractivity contribution in [2.24, 2.45) is 35.5 Å². The topological polar surface area (TPSA) is 105 Å². The molecular formula is C34H36Cl6O8. The molecule has 6 unspecified atom stereocenters. The Morgan fingerprint density at radius 1 is 0.583 bits per heavy atom. The van der Waals surface area contributed by atoms with Crippen LogP contribution in [-0.4, -0.2) is 37.1 Å². The lowest BCUT2D eigenvalue weighted by Gasteiger charge is -2.15. The van der Waals surface area contributed by atoms with E-state index in [9.17, 15) is 19.2 Å². The molecule has 48 heavy (non-hydrogen) atoms. The summed E-state index contributed by atoms with van der Waals surface area (Å²) < 4.78 is 21.5. The highest BCUT2D eigenvalue weighted by Gasteiger charge is 2.47. The maximum atomic E-state index is 13.2. The molecule has 262 valence electrons. The Hall–Kier alpha value is -1.94. The van der Waals surface area contributed by atoms with Gasteiger partial charge in [-0.3, -0.25) is 0 Å². The normalized spacial score (nSPS) is 22.5. The molecule has 0 aliphatic heterocycles. The van der Waals surface area contributed by atoms with Gasteiger partial charge in [-0.05, 0) is 60.5 Å². The average Bonchev–Trinajstić information content (AvgIpc) is 3.89. The molecule has 0 aromatic heterocycles. The predicted molar refractivity (Wildman–Crippen MR) is 186 cm³/mol. The number of carbonyl (C=O) groups excluding carboxylic acids is 4. The number of hydrogen-bond acceptors (Lipinski definition) is 8. The molecule has 2 fully saturated rings. The zero-order chi connectivity index (χ0) is 35.4. The lowest BCUT2D eigenvalue weighted by molar-refractivity contribution is -0.156. The van der Waals surface area contributed by atoms with Crippen molar-refractivity contribution in [1.29, 1.82) is 0 Å². The molecule has 0 saturated heterocycles. The van der Waals surface area contributed by atoms with Crippen molar-refractivity contribution in [2.75, 3.05) is 13.2 Å². The van der Waals surface area contributed by atoms with Crippen LogP contribution in [0.1, 0.15) is 86.9 Å². The molecule has 6 atom stereocenters. The molecule has 2 aliphatic carbocycles. The first-order valence-electron chi connectivity index (χ1n) is 15.9. The summed E-state index contributed by atoms with van der Waals surface area (Å²) in [5.41, 5.74) is -0.894. The molecule has 14 heteroatoms. The van der Waals surface area contributed by atoms with Gasteiger partial charge in [-0.1, -0.05) is 123 Å². The molecule has 2 aromatic rings. The Morgan fingerprint density at radius 3 is 1.27 bits per heavy atom. The Kier molecular flexibility index (Phi) is 13.6. The van der Waals surface area contributed by atoms with Gasteiger partial charge in [0.2, 0.25) is 0 Å². The van der Waals surface area contributed by atoms with Crippen LogP contribution in [0.2, 0.25) is 30.1 Å². The van der Waals surface area contributed by atoms with E-state index < -0.39 is 46.5 Å². The zero-order valence-electron chi connectivity index (χ0n) is 26.8. The van der Waals surface area contributed by atoms with Crippen LogP contribution in [0.3, 0.4) is 0 Å². The second kappa shape index (κ2) is 16.8. The highest BCUT2D eigenvalue weighted by Crippen LogP contribution is 2.50. The molecule has 8 nitrogen and oxygen atoms in total. The van der Waals surface area contributed by atoms with E-state index in [4.69, 9.17) is 88.6 Å². The number of hydrogen-bond donors (Lipinski definition) is 0. The van der Waals surface area contributed by atoms with Crippen LogP contribution >= 0.6 is 69.6 Å². The van der Waals surface area contributed by atoms with Crippen molar-refractivity contribution < 1.29 is 38.1 Å². The van der Waals surface area contributed by atoms with Crippen molar-refractivity contribution in [2.45, 2.75) is 66.2 Å². The number of rotatable bonds is 14. The van der Waals surface area contributed by atoms with E-state index >= 15 is 0 Å². The van der Waals surface area contributed by atoms with Crippen LogP contribution in [0.25, 0.3) is 0 Å². The largest absolute Gasteiger partial charge is 0.462 e. The summed E-state index contributed by atoms with van der Waals surface area (Å²) in [6.07, 6.45) is 6.31. The number of halogens is 6. The zero-order valence-corrected chi connectivity index (χ0v) is 31.3. The number of carbonyl (C=O) groups is 4. The number of benzene rings is 2. The van der Waals surface area contributed by atoms with E-state index in [-0.39, 0.29) is 55.2 Å². The highest BCUT2D eigenvalue weighted by atomic mass is 35.5. The van der Waals surface area contributed by atoms with Gasteiger partial charge in [-0.25, -0.2) is 19.2 Å². The van der Waals surface area contributed by atoms with Gasteiger partial charge in [0.1, 0.15) is 11.1 Å². The molecule has 0 N–H and O–H groups in total. The van der Waals surface area contributed by atoms with E-state index in [1.165, 1.54) is 0 Å². The molecule has 0 spiro atoms. The fourth-order valence-corrected chi connectivity index (χ4v) is 7.57. The predicted octanol–water partition coefficient (Wildman–Crippen LogP) is 10.6. The minimum Gasteiger partial charge on any atom is -0.462 e. The lowest BCUT2D eigenvalue weighted by Crippen LogP contribution is -2.27. The Balaban J connectivity index is 1.49. The van der Waals surface area contributed by atoms with Gasteiger partial charge in [0.25, 0.3) is 0 Å². The first-order valence-corrected chi connectivity index (χ1v) is 18.1. The second-order valence-electron chi connectivity index (χ2n) is 12.4. The summed E-state index contributed by atoms with van der Waals surface area (Å²) in [5.74, 6) is -4.35. The van der Waals surface area contributed by atoms with E-state index in [1.54, 1.807) is 0 Å². The van der Waals surface area contributed by atoms with E-state index in [1.807, 2.05) is 0 Å². The van der Waals surface area contributed by atoms with E-state index in [0.29, 0.717) is 23.7 Å². The minimum atomic E-state index is -1.63. The maximum absolute atomic E-state index is 13.2. The van der Waals surface area contributed by atoms with E-state index in [0.717, 1.165) is 50.7 Å². The van der Waals surface area contributed by atoms with Crippen molar-refractivity contribution >= 4 is 93.5 Å². The fourth-order valence-electron chi connectivity index (χ4n) is 6.14. The summed E-state index contributed by atoms with van der Waals surface area (Å²) >= 11 is 37.6. The van der Waals surface area contributed by atoms with Gasteiger partial charge in [0, 0.05) is 0 Å². The molecule has 2 aliphatic rings. The molecular weight excluding hydrogens is 749 g/mol. The first-order chi connectivity index (χ1) is 22.7. The van der Waals surface area contributed by atoms with Gasteiger partial charge in [-0.2, -0.15) is 0 Å². The number of esters is 4. The Morgan fingerprint density at radius 2 is 0.938 bits per heavy atom. The van der Waals surface area contributed by atoms with Gasteiger partial charge >= 0.3 is 23.9 Å². The maximum Gasteiger partial charge on any atom is 0.423 e. The fraction of sp³-hybridized carbons (Fsp3) is 0.529. The molecule has 2 saturated carbocycles. The Labute approximate surface area is 309 Å². The van der Waals surface area contributed by atoms with Crippen LogP contribution in [-0.2, 0) is 19.1 Å². The van der Waals surface area contributed by atoms with Crippen LogP contribution in [0.15, 0.2) is 12.1 Å². The first kappa shape index (κ1) is 38.9. The quantitative estimate of drug-likeness (QED) is 0.0807. The third kappa shape index (κ3) is 8.85. The van der Waals surface area contributed by atoms with Crippen molar-refractivity contribution in [3.05, 3.63) is 53.4 Å². The highest BCUT2D eigenvalue weighted by molar-refractivity contribution is 6.47. The third-order valence-electron chi connectivity index (χ3n) is 9.33. The molecule has 2 aromatic carbocycles. The van der Waals surface area contributed by atoms with E-state index in [2.05, 4.69) is 27.7 Å². The van der Waals surface area contributed by atoms with Crippen molar-refractivity contribution in [3.8, 4) is 11.5 Å². The summed E-state index contributed by atoms with van der Waals surface area (Å²) in [4.78, 5) is 52.5. The number of ether oxygens (including phenoxy) is 4. The standard InChI is InChI=1S/C34H36Cl6O8/c1-5-7-9-17-15(3)19(17)13-45-31(41)25-27(39)21(35)11-23(37)29(25)47-33(43)34(44)48-30-24(38)12-22(36)28(40)26(30)32(42)46-14-20-16(4)18(20)10-8-6-2/h11-12,15-20H,5-10,13-14H2,1-4H3. The van der Waals surface area contributed by atoms with Gasteiger partial charge in [0.05, 0.1) is 43.3 Å². The molecule has 4 rings (SSSR count). The minimum absolute atomic E-state index is 0.109. The molecule has 0 bridgehead atoms. The monoisotopic (exact) mass is 782 g/mol. The van der Waals surface area contributed by atoms with Crippen molar-refractivity contribution in [3.63, 3.8) is 0 Å². The van der Waals surface area contributed by atoms with Crippen LogP contribution in [0, 0.1) is 35.5 Å². The smallest absolute Gasteiger partial charge is 0.423 e. The summed E-state index contributed by atoms with van der Waals surface area (Å²) in [6, 6.07) is 2.27. The van der Waals surface area contributed by atoms with Gasteiger partial charge in [-0.15, -0.1) is 0 Å².